The topological polar surface area (TPSA) is 110 Å². The molecule has 1 unspecified atom stereocenters. The number of amides is 1. The molecule has 8 nitrogen and oxygen atoms in total. The van der Waals surface area contributed by atoms with Gasteiger partial charge in [-0.05, 0) is 54.8 Å². The molecule has 0 bridgehead atoms. The second-order valence-corrected chi connectivity index (χ2v) is 11.7. The maximum Gasteiger partial charge on any atom is 0.326 e. The standard InChI is InChI=1S/C37H33N5O3/c43-36(41-32(37(44)45)20-24-10-4-1-5-11-24)27-17-19-34-31(22-27)40-35(42(34)28-14-8-3-9-15-28)26-16-18-29-30(21-26)38-23-33(39-29)25-12-6-2-7-13-25/h1-2,4-7,10-13,16-19,21-23,28,32H,3,8-9,14-15,20H2,(H,41,43)(H,44,45). The first-order valence-electron chi connectivity index (χ1n) is 15.5. The van der Waals surface area contributed by atoms with Gasteiger partial charge in [0.15, 0.2) is 0 Å². The molecule has 45 heavy (non-hydrogen) atoms. The summed E-state index contributed by atoms with van der Waals surface area (Å²) in [6.45, 7) is 0. The molecule has 6 aromatic rings. The fourth-order valence-corrected chi connectivity index (χ4v) is 6.34. The normalized spacial score (nSPS) is 14.4. The van der Waals surface area contributed by atoms with Gasteiger partial charge in [0, 0.05) is 29.2 Å². The Bertz CT molecular complexity index is 2000. The van der Waals surface area contributed by atoms with Gasteiger partial charge in [0.1, 0.15) is 11.9 Å². The number of carboxylic acids is 1. The highest BCUT2D eigenvalue weighted by molar-refractivity contribution is 5.99. The molecule has 0 spiro atoms. The molecular weight excluding hydrogens is 562 g/mol. The number of hydrogen-bond donors (Lipinski definition) is 2. The van der Waals surface area contributed by atoms with E-state index in [-0.39, 0.29) is 6.42 Å². The lowest BCUT2D eigenvalue weighted by Crippen LogP contribution is -2.42. The van der Waals surface area contributed by atoms with Gasteiger partial charge in [-0.2, -0.15) is 0 Å². The molecular formula is C37H33N5O3. The molecule has 224 valence electrons. The zero-order chi connectivity index (χ0) is 30.8. The average molecular weight is 596 g/mol. The molecule has 1 atom stereocenters. The van der Waals surface area contributed by atoms with Crippen molar-refractivity contribution in [3.8, 4) is 22.6 Å². The van der Waals surface area contributed by atoms with Crippen molar-refractivity contribution < 1.29 is 14.7 Å². The van der Waals surface area contributed by atoms with E-state index in [2.05, 4.69) is 9.88 Å². The van der Waals surface area contributed by atoms with Gasteiger partial charge < -0.3 is 15.0 Å². The van der Waals surface area contributed by atoms with Crippen LogP contribution in [0.4, 0.5) is 0 Å². The van der Waals surface area contributed by atoms with E-state index in [9.17, 15) is 14.7 Å². The zero-order valence-corrected chi connectivity index (χ0v) is 24.8. The van der Waals surface area contributed by atoms with E-state index in [1.165, 1.54) is 6.42 Å². The molecule has 2 aromatic heterocycles. The Hall–Kier alpha value is -5.37. The summed E-state index contributed by atoms with van der Waals surface area (Å²) in [6, 6.07) is 30.1. The number of imidazole rings is 1. The monoisotopic (exact) mass is 595 g/mol. The Morgan fingerprint density at radius 1 is 0.800 bits per heavy atom. The lowest BCUT2D eigenvalue weighted by atomic mass is 9.94. The van der Waals surface area contributed by atoms with Gasteiger partial charge in [-0.3, -0.25) is 9.78 Å². The van der Waals surface area contributed by atoms with Crippen molar-refractivity contribution in [2.75, 3.05) is 0 Å². The van der Waals surface area contributed by atoms with Gasteiger partial charge in [0.05, 0.1) is 34.0 Å². The van der Waals surface area contributed by atoms with Crippen molar-refractivity contribution in [1.82, 2.24) is 24.8 Å². The van der Waals surface area contributed by atoms with Crippen molar-refractivity contribution >= 4 is 33.9 Å². The predicted molar refractivity (Wildman–Crippen MR) is 175 cm³/mol. The molecule has 0 saturated heterocycles. The number of fused-ring (bicyclic) bond motifs is 2. The van der Waals surface area contributed by atoms with Crippen LogP contribution in [0.1, 0.15) is 54.1 Å². The molecule has 0 radical (unpaired) electrons. The SMILES string of the molecule is O=C(NC(Cc1ccccc1)C(=O)O)c1ccc2c(c1)nc(-c1ccc3nc(-c4ccccc4)cnc3c1)n2C1CCCCC1. The molecule has 2 N–H and O–H groups in total. The summed E-state index contributed by atoms with van der Waals surface area (Å²) in [4.78, 5) is 40.0. The van der Waals surface area contributed by atoms with Crippen LogP contribution in [0.5, 0.6) is 0 Å². The van der Waals surface area contributed by atoms with Crippen molar-refractivity contribution in [3.05, 3.63) is 114 Å². The third-order valence-corrected chi connectivity index (χ3v) is 8.65. The number of hydrogen-bond acceptors (Lipinski definition) is 5. The molecule has 1 aliphatic rings. The smallest absolute Gasteiger partial charge is 0.326 e. The Balaban J connectivity index is 1.23. The first-order valence-corrected chi connectivity index (χ1v) is 15.5. The molecule has 7 rings (SSSR count). The highest BCUT2D eigenvalue weighted by Gasteiger charge is 2.25. The van der Waals surface area contributed by atoms with Crippen LogP contribution in [-0.2, 0) is 11.2 Å². The molecule has 4 aromatic carbocycles. The van der Waals surface area contributed by atoms with Gasteiger partial charge in [0.2, 0.25) is 0 Å². The summed E-state index contributed by atoms with van der Waals surface area (Å²) < 4.78 is 2.32. The Morgan fingerprint density at radius 2 is 1.56 bits per heavy atom. The minimum absolute atomic E-state index is 0.197. The fraction of sp³-hybridized carbons (Fsp3) is 0.216. The number of nitrogens with one attached hydrogen (secondary N) is 1. The molecule has 2 heterocycles. The van der Waals surface area contributed by atoms with Gasteiger partial charge in [-0.15, -0.1) is 0 Å². The summed E-state index contributed by atoms with van der Waals surface area (Å²) in [6.07, 6.45) is 7.68. The lowest BCUT2D eigenvalue weighted by Gasteiger charge is -2.25. The number of carbonyl (C=O) groups is 2. The molecule has 0 aliphatic heterocycles. The maximum absolute atomic E-state index is 13.3. The fourth-order valence-electron chi connectivity index (χ4n) is 6.34. The summed E-state index contributed by atoms with van der Waals surface area (Å²) in [5.41, 5.74) is 7.24. The van der Waals surface area contributed by atoms with Crippen LogP contribution in [-0.4, -0.2) is 42.5 Å². The minimum atomic E-state index is -1.08. The number of benzene rings is 4. The maximum atomic E-state index is 13.3. The van der Waals surface area contributed by atoms with Gasteiger partial charge in [0.25, 0.3) is 5.91 Å². The molecule has 1 aliphatic carbocycles. The van der Waals surface area contributed by atoms with Gasteiger partial charge in [-0.1, -0.05) is 79.9 Å². The first-order chi connectivity index (χ1) is 22.0. The van der Waals surface area contributed by atoms with Crippen molar-refractivity contribution in [3.63, 3.8) is 0 Å². The van der Waals surface area contributed by atoms with Crippen molar-refractivity contribution in [2.45, 2.75) is 50.6 Å². The Kier molecular flexibility index (Phi) is 7.78. The van der Waals surface area contributed by atoms with E-state index < -0.39 is 17.9 Å². The summed E-state index contributed by atoms with van der Waals surface area (Å²) in [5, 5.41) is 12.5. The average Bonchev–Trinajstić information content (AvgIpc) is 3.47. The van der Waals surface area contributed by atoms with Crippen molar-refractivity contribution in [1.29, 1.82) is 0 Å². The Morgan fingerprint density at radius 3 is 2.31 bits per heavy atom. The minimum Gasteiger partial charge on any atom is -0.480 e. The second-order valence-electron chi connectivity index (χ2n) is 11.7. The lowest BCUT2D eigenvalue weighted by molar-refractivity contribution is -0.139. The van der Waals surface area contributed by atoms with E-state index in [0.29, 0.717) is 17.1 Å². The van der Waals surface area contributed by atoms with E-state index in [4.69, 9.17) is 15.0 Å². The van der Waals surface area contributed by atoms with Crippen LogP contribution in [0.3, 0.4) is 0 Å². The zero-order valence-electron chi connectivity index (χ0n) is 24.8. The van der Waals surface area contributed by atoms with Crippen molar-refractivity contribution in [2.24, 2.45) is 0 Å². The largest absolute Gasteiger partial charge is 0.480 e. The summed E-state index contributed by atoms with van der Waals surface area (Å²) >= 11 is 0. The third-order valence-electron chi connectivity index (χ3n) is 8.65. The summed E-state index contributed by atoms with van der Waals surface area (Å²) in [5.74, 6) is -0.686. The second kappa shape index (κ2) is 12.3. The van der Waals surface area contributed by atoms with Gasteiger partial charge in [-0.25, -0.2) is 14.8 Å². The summed E-state index contributed by atoms with van der Waals surface area (Å²) in [7, 11) is 0. The first kappa shape index (κ1) is 28.4. The van der Waals surface area contributed by atoms with E-state index in [0.717, 1.165) is 70.4 Å². The van der Waals surface area contributed by atoms with Crippen LogP contribution in [0, 0.1) is 0 Å². The number of aliphatic carboxylic acids is 1. The highest BCUT2D eigenvalue weighted by atomic mass is 16.4. The number of carboxylic acid groups (broad SMARTS) is 1. The predicted octanol–water partition coefficient (Wildman–Crippen LogP) is 7.24. The van der Waals surface area contributed by atoms with Gasteiger partial charge >= 0.3 is 5.97 Å². The number of nitrogens with zero attached hydrogens (tertiary/aromatic N) is 4. The number of carbonyl (C=O) groups excluding carboxylic acids is 1. The molecule has 1 fully saturated rings. The number of rotatable bonds is 8. The van der Waals surface area contributed by atoms with Crippen LogP contribution in [0.15, 0.2) is 103 Å². The van der Waals surface area contributed by atoms with E-state index >= 15 is 0 Å². The van der Waals surface area contributed by atoms with Crippen LogP contribution in [0.25, 0.3) is 44.7 Å². The van der Waals surface area contributed by atoms with Crippen LogP contribution in [0.2, 0.25) is 0 Å². The van der Waals surface area contributed by atoms with E-state index in [1.807, 2.05) is 84.9 Å². The third kappa shape index (κ3) is 5.91. The molecule has 1 amide bonds. The quantitative estimate of drug-likeness (QED) is 0.192. The molecule has 8 heteroatoms. The van der Waals surface area contributed by atoms with E-state index in [1.54, 1.807) is 18.3 Å². The van der Waals surface area contributed by atoms with Crippen LogP contribution >= 0.6 is 0 Å². The number of aromatic nitrogens is 4. The molecule has 1 saturated carbocycles. The highest BCUT2D eigenvalue weighted by Crippen LogP contribution is 2.37. The van der Waals surface area contributed by atoms with Crippen LogP contribution < -0.4 is 5.32 Å². The Labute approximate surface area is 260 Å².